The van der Waals surface area contributed by atoms with Crippen molar-refractivity contribution in [2.45, 2.75) is 33.2 Å². The highest BCUT2D eigenvalue weighted by molar-refractivity contribution is 6.12. The van der Waals surface area contributed by atoms with Crippen molar-refractivity contribution in [1.29, 1.82) is 0 Å². The highest BCUT2D eigenvalue weighted by atomic mass is 15.1. The summed E-state index contributed by atoms with van der Waals surface area (Å²) in [6, 6.07) is 20.2. The summed E-state index contributed by atoms with van der Waals surface area (Å²) in [7, 11) is 1.50. The first-order valence-electron chi connectivity index (χ1n) is 12.4. The first-order valence-corrected chi connectivity index (χ1v) is 12.4. The monoisotopic (exact) mass is 486 g/mol. The van der Waals surface area contributed by atoms with Gasteiger partial charge in [-0.2, -0.15) is 0 Å². The van der Waals surface area contributed by atoms with Crippen LogP contribution in [0.2, 0.25) is 0 Å². The Labute approximate surface area is 217 Å². The van der Waals surface area contributed by atoms with Crippen LogP contribution in [0.1, 0.15) is 44.4 Å². The normalized spacial score (nSPS) is 14.6. The second-order valence-electron chi connectivity index (χ2n) is 7.43. The van der Waals surface area contributed by atoms with Crippen LogP contribution in [-0.2, 0) is 0 Å². The zero-order valence-electron chi connectivity index (χ0n) is 22.1. The Hall–Kier alpha value is -3.74. The third-order valence-electron chi connectivity index (χ3n) is 5.33. The zero-order valence-corrected chi connectivity index (χ0v) is 22.1. The molecule has 0 amide bonds. The first kappa shape index (κ1) is 30.3. The Kier molecular flexibility index (Phi) is 14.9. The van der Waals surface area contributed by atoms with Crippen LogP contribution in [0, 0.1) is 0 Å². The molecule has 1 aliphatic rings. The molecule has 1 atom stereocenters. The van der Waals surface area contributed by atoms with Gasteiger partial charge in [-0.15, -0.1) is 0 Å². The van der Waals surface area contributed by atoms with Gasteiger partial charge in [-0.25, -0.2) is 0 Å². The lowest BCUT2D eigenvalue weighted by Crippen LogP contribution is -2.28. The van der Waals surface area contributed by atoms with E-state index in [1.165, 1.54) is 7.05 Å². The van der Waals surface area contributed by atoms with Crippen LogP contribution < -0.4 is 17.2 Å². The number of rotatable bonds is 9. The molecule has 0 saturated heterocycles. The third-order valence-corrected chi connectivity index (χ3v) is 5.33. The Balaban J connectivity index is 0.00000154. The van der Waals surface area contributed by atoms with E-state index in [0.717, 1.165) is 34.5 Å². The van der Waals surface area contributed by atoms with Gasteiger partial charge in [-0.1, -0.05) is 87.5 Å². The van der Waals surface area contributed by atoms with E-state index in [0.29, 0.717) is 18.8 Å². The van der Waals surface area contributed by atoms with Crippen LogP contribution in [0.25, 0.3) is 5.70 Å². The third kappa shape index (κ3) is 8.80. The minimum absolute atomic E-state index is 0.0110. The van der Waals surface area contributed by atoms with E-state index in [9.17, 15) is 0 Å². The van der Waals surface area contributed by atoms with Crippen LogP contribution >= 0.6 is 0 Å². The molecule has 6 nitrogen and oxygen atoms in total. The second kappa shape index (κ2) is 17.7. The topological polar surface area (TPSA) is 106 Å². The molecule has 0 aliphatic carbocycles. The number of hydrogen-bond donors (Lipinski definition) is 3. The average molecular weight is 487 g/mol. The van der Waals surface area contributed by atoms with Gasteiger partial charge in [-0.3, -0.25) is 9.98 Å². The molecular weight excluding hydrogens is 444 g/mol. The summed E-state index contributed by atoms with van der Waals surface area (Å²) < 4.78 is 0. The van der Waals surface area contributed by atoms with E-state index in [4.69, 9.17) is 16.5 Å². The lowest BCUT2D eigenvalue weighted by atomic mass is 10.0. The van der Waals surface area contributed by atoms with Gasteiger partial charge in [-0.05, 0) is 49.0 Å². The van der Waals surface area contributed by atoms with Crippen molar-refractivity contribution in [3.05, 3.63) is 114 Å². The number of benzene rings is 2. The maximum Gasteiger partial charge on any atom is 0.0906 e. The minimum Gasteiger partial charge on any atom is -0.396 e. The molecule has 6 heteroatoms. The molecule has 0 saturated carbocycles. The average Bonchev–Trinajstić information content (AvgIpc) is 2.97. The largest absolute Gasteiger partial charge is 0.396 e. The zero-order chi connectivity index (χ0) is 26.8. The van der Waals surface area contributed by atoms with E-state index in [-0.39, 0.29) is 6.04 Å². The molecule has 3 rings (SSSR count). The molecule has 0 fully saturated rings. The maximum atomic E-state index is 6.76. The van der Waals surface area contributed by atoms with Crippen molar-refractivity contribution in [1.82, 2.24) is 4.90 Å². The molecule has 1 heterocycles. The van der Waals surface area contributed by atoms with Gasteiger partial charge in [0.1, 0.15) is 0 Å². The molecule has 0 radical (unpaired) electrons. The Morgan fingerprint density at radius 2 is 1.67 bits per heavy atom. The van der Waals surface area contributed by atoms with Crippen LogP contribution in [-0.4, -0.2) is 37.5 Å². The summed E-state index contributed by atoms with van der Waals surface area (Å²) in [5.74, 6) is 0. The van der Waals surface area contributed by atoms with Crippen molar-refractivity contribution >= 4 is 18.1 Å². The molecule has 2 aromatic rings. The predicted molar refractivity (Wildman–Crippen MR) is 158 cm³/mol. The fourth-order valence-corrected chi connectivity index (χ4v) is 3.59. The summed E-state index contributed by atoms with van der Waals surface area (Å²) in [6.07, 6.45) is 10.5. The van der Waals surface area contributed by atoms with Gasteiger partial charge in [0.2, 0.25) is 0 Å². The van der Waals surface area contributed by atoms with Crippen molar-refractivity contribution < 1.29 is 0 Å². The van der Waals surface area contributed by atoms with Gasteiger partial charge in [0.15, 0.2) is 0 Å². The molecule has 36 heavy (non-hydrogen) atoms. The molecule has 192 valence electrons. The fourth-order valence-electron chi connectivity index (χ4n) is 3.59. The number of hydrogen-bond acceptors (Lipinski definition) is 6. The fraction of sp³-hybridized carbons (Fsp3) is 0.267. The van der Waals surface area contributed by atoms with E-state index in [2.05, 4.69) is 47.5 Å². The summed E-state index contributed by atoms with van der Waals surface area (Å²) in [5.41, 5.74) is 22.5. The van der Waals surface area contributed by atoms with E-state index < -0.39 is 0 Å². The van der Waals surface area contributed by atoms with Crippen LogP contribution in [0.15, 0.2) is 113 Å². The number of allylic oxidation sites excluding steroid dienone is 1. The van der Waals surface area contributed by atoms with Gasteiger partial charge in [0.25, 0.3) is 0 Å². The van der Waals surface area contributed by atoms with Gasteiger partial charge in [0.05, 0.1) is 23.1 Å². The van der Waals surface area contributed by atoms with Crippen LogP contribution in [0.5, 0.6) is 0 Å². The van der Waals surface area contributed by atoms with E-state index in [1.54, 1.807) is 6.20 Å². The highest BCUT2D eigenvalue weighted by Crippen LogP contribution is 2.27. The maximum absolute atomic E-state index is 6.76. The minimum atomic E-state index is -0.0110. The van der Waals surface area contributed by atoms with Crippen molar-refractivity contribution in [3.63, 3.8) is 0 Å². The van der Waals surface area contributed by atoms with Crippen molar-refractivity contribution in [3.8, 4) is 0 Å². The quantitative estimate of drug-likeness (QED) is 0.411. The number of nitrogens with two attached hydrogens (primary N) is 3. The Morgan fingerprint density at radius 1 is 1.06 bits per heavy atom. The van der Waals surface area contributed by atoms with E-state index in [1.807, 2.05) is 80.7 Å². The summed E-state index contributed by atoms with van der Waals surface area (Å²) in [4.78, 5) is 11.2. The first-order chi connectivity index (χ1) is 17.7. The molecule has 0 bridgehead atoms. The lowest BCUT2D eigenvalue weighted by molar-refractivity contribution is 0.533. The van der Waals surface area contributed by atoms with Gasteiger partial charge < -0.3 is 22.1 Å². The SMILES string of the molecule is C=N/C=C\C(=NC(CC)c1ccccc1)/C(=C(/N)c1ccccc1)N1C=CC(CN)=CC1.CC.CN. The standard InChI is InChI=1S/C27H31N5.C2H6.CH5N/c1-3-24(22-10-6-4-7-11-22)31-25(14-17-30-2)27(26(29)23-12-8-5-9-13-23)32-18-15-21(20-28)16-19-32;2*1-2/h4-18,24H,2-3,19-20,28-29H2,1H3;1-2H3;2H2,1H3/b17-14-,27-26-,31-25?;;. The molecule has 1 unspecified atom stereocenters. The number of aliphatic imine (C=N–C) groups is 2. The molecule has 0 aromatic heterocycles. The molecule has 6 N–H and O–H groups in total. The van der Waals surface area contributed by atoms with Crippen molar-refractivity contribution in [2.24, 2.45) is 27.2 Å². The predicted octanol–water partition coefficient (Wildman–Crippen LogP) is 5.44. The Morgan fingerprint density at radius 3 is 2.17 bits per heavy atom. The van der Waals surface area contributed by atoms with Crippen LogP contribution in [0.3, 0.4) is 0 Å². The molecule has 1 aliphatic heterocycles. The smallest absolute Gasteiger partial charge is 0.0906 e. The lowest BCUT2D eigenvalue weighted by Gasteiger charge is -2.28. The van der Waals surface area contributed by atoms with Crippen molar-refractivity contribution in [2.75, 3.05) is 20.1 Å². The Bertz CT molecular complexity index is 1050. The van der Waals surface area contributed by atoms with E-state index >= 15 is 0 Å². The number of nitrogens with zero attached hydrogens (tertiary/aromatic N) is 3. The molecule has 0 spiro atoms. The summed E-state index contributed by atoms with van der Waals surface area (Å²) in [6.45, 7) is 10.9. The van der Waals surface area contributed by atoms with Gasteiger partial charge in [0, 0.05) is 25.5 Å². The molecule has 2 aromatic carbocycles. The van der Waals surface area contributed by atoms with Gasteiger partial charge >= 0.3 is 0 Å². The summed E-state index contributed by atoms with van der Waals surface area (Å²) in [5, 5.41) is 0. The second-order valence-corrected chi connectivity index (χ2v) is 7.43. The van der Waals surface area contributed by atoms with Crippen LogP contribution in [0.4, 0.5) is 0 Å². The highest BCUT2D eigenvalue weighted by Gasteiger charge is 2.20. The summed E-state index contributed by atoms with van der Waals surface area (Å²) >= 11 is 0. The molecular formula is C30H42N6.